The zero-order chi connectivity index (χ0) is 17.8. The molecule has 1 amide bonds. The Labute approximate surface area is 149 Å². The maximum Gasteiger partial charge on any atom is 0.238 e. The average Bonchev–Trinajstić information content (AvgIpc) is 2.57. The highest BCUT2D eigenvalue weighted by atomic mass is 16.5. The maximum absolute atomic E-state index is 12.2. The van der Waals surface area contributed by atoms with Gasteiger partial charge in [0.1, 0.15) is 0 Å². The summed E-state index contributed by atoms with van der Waals surface area (Å²) in [5, 5.41) is 12.5. The van der Waals surface area contributed by atoms with Gasteiger partial charge in [-0.2, -0.15) is 0 Å². The summed E-state index contributed by atoms with van der Waals surface area (Å²) in [6.45, 7) is 7.90. The average molecular weight is 347 g/mol. The highest BCUT2D eigenvalue weighted by Crippen LogP contribution is 2.22. The zero-order valence-electron chi connectivity index (χ0n) is 15.1. The smallest absolute Gasteiger partial charge is 0.238 e. The minimum Gasteiger partial charge on any atom is -0.393 e. The van der Waals surface area contributed by atoms with Gasteiger partial charge in [-0.3, -0.25) is 9.69 Å². The van der Waals surface area contributed by atoms with E-state index < -0.39 is 0 Å². The summed E-state index contributed by atoms with van der Waals surface area (Å²) in [7, 11) is 0. The number of morpholine rings is 1. The van der Waals surface area contributed by atoms with E-state index in [1.54, 1.807) is 0 Å². The highest BCUT2D eigenvalue weighted by molar-refractivity contribution is 5.92. The molecule has 0 aromatic heterocycles. The maximum atomic E-state index is 12.2. The van der Waals surface area contributed by atoms with Gasteiger partial charge in [-0.05, 0) is 51.0 Å². The van der Waals surface area contributed by atoms with Crippen molar-refractivity contribution in [3.8, 4) is 0 Å². The van der Waals surface area contributed by atoms with Crippen LogP contribution in [0.15, 0.2) is 24.3 Å². The molecule has 138 valence electrons. The Kier molecular flexibility index (Phi) is 5.93. The first kappa shape index (κ1) is 18.2. The van der Waals surface area contributed by atoms with E-state index >= 15 is 0 Å². The lowest BCUT2D eigenvalue weighted by atomic mass is 10.1. The Balaban J connectivity index is 1.51. The molecular weight excluding hydrogens is 318 g/mol. The first-order valence-electron chi connectivity index (χ1n) is 9.20. The van der Waals surface area contributed by atoms with Crippen LogP contribution < -0.4 is 10.2 Å². The van der Waals surface area contributed by atoms with Crippen molar-refractivity contribution in [1.82, 2.24) is 4.90 Å². The molecule has 0 bridgehead atoms. The van der Waals surface area contributed by atoms with Crippen molar-refractivity contribution < 1.29 is 14.6 Å². The van der Waals surface area contributed by atoms with E-state index in [0.29, 0.717) is 6.54 Å². The van der Waals surface area contributed by atoms with E-state index in [-0.39, 0.29) is 24.2 Å². The molecule has 0 radical (unpaired) electrons. The number of rotatable bonds is 4. The summed E-state index contributed by atoms with van der Waals surface area (Å²) in [5.74, 6) is -0.00208. The van der Waals surface area contributed by atoms with Crippen molar-refractivity contribution in [3.05, 3.63) is 24.3 Å². The van der Waals surface area contributed by atoms with Crippen molar-refractivity contribution in [2.75, 3.05) is 42.9 Å². The number of hydrogen-bond acceptors (Lipinski definition) is 5. The molecule has 6 heteroatoms. The number of aliphatic hydroxyl groups is 1. The largest absolute Gasteiger partial charge is 0.393 e. The van der Waals surface area contributed by atoms with E-state index in [0.717, 1.165) is 50.4 Å². The predicted octanol–water partition coefficient (Wildman–Crippen LogP) is 1.70. The Hall–Kier alpha value is -1.63. The summed E-state index contributed by atoms with van der Waals surface area (Å²) < 4.78 is 5.77. The third-order valence-corrected chi connectivity index (χ3v) is 4.86. The molecular formula is C19H29N3O3. The standard InChI is InChI=1S/C19H29N3O3/c1-14-11-22(12-15(2)25-14)17-5-3-16(4-6-17)20-19(24)13-21-9-7-18(23)8-10-21/h3-6,14-15,18,23H,7-13H2,1-2H3,(H,20,24). The van der Waals surface area contributed by atoms with Crippen LogP contribution in [0.1, 0.15) is 26.7 Å². The minimum atomic E-state index is -0.211. The number of aliphatic hydroxyl groups excluding tert-OH is 1. The number of piperidine rings is 1. The van der Waals surface area contributed by atoms with Gasteiger partial charge in [0.05, 0.1) is 24.9 Å². The number of ether oxygens (including phenoxy) is 1. The normalized spacial score (nSPS) is 25.8. The first-order chi connectivity index (χ1) is 12.0. The summed E-state index contributed by atoms with van der Waals surface area (Å²) >= 11 is 0. The fourth-order valence-corrected chi connectivity index (χ4v) is 3.63. The Morgan fingerprint density at radius 2 is 1.76 bits per heavy atom. The van der Waals surface area contributed by atoms with E-state index in [1.165, 1.54) is 0 Å². The van der Waals surface area contributed by atoms with Crippen LogP contribution in [0.25, 0.3) is 0 Å². The van der Waals surface area contributed by atoms with Crippen molar-refractivity contribution in [2.45, 2.75) is 45.0 Å². The molecule has 2 aliphatic heterocycles. The van der Waals surface area contributed by atoms with Gasteiger partial charge in [0, 0.05) is 37.6 Å². The second-order valence-electron chi connectivity index (χ2n) is 7.26. The fourth-order valence-electron chi connectivity index (χ4n) is 3.63. The summed E-state index contributed by atoms with van der Waals surface area (Å²) in [6, 6.07) is 8.02. The summed E-state index contributed by atoms with van der Waals surface area (Å²) in [5.41, 5.74) is 1.98. The quantitative estimate of drug-likeness (QED) is 0.868. The topological polar surface area (TPSA) is 65.0 Å². The van der Waals surface area contributed by atoms with Gasteiger partial charge in [-0.15, -0.1) is 0 Å². The van der Waals surface area contributed by atoms with Crippen LogP contribution in [0.3, 0.4) is 0 Å². The molecule has 2 N–H and O–H groups in total. The van der Waals surface area contributed by atoms with Crippen LogP contribution in [-0.4, -0.2) is 66.9 Å². The Bertz CT molecular complexity index is 560. The lowest BCUT2D eigenvalue weighted by Crippen LogP contribution is -2.45. The van der Waals surface area contributed by atoms with E-state index in [4.69, 9.17) is 4.74 Å². The number of carbonyl (C=O) groups is 1. The second kappa shape index (κ2) is 8.17. The van der Waals surface area contributed by atoms with Crippen molar-refractivity contribution >= 4 is 17.3 Å². The molecule has 1 aromatic carbocycles. The number of amides is 1. The number of likely N-dealkylation sites (tertiary alicyclic amines) is 1. The molecule has 1 aromatic rings. The van der Waals surface area contributed by atoms with Crippen LogP contribution in [0.5, 0.6) is 0 Å². The SMILES string of the molecule is CC1CN(c2ccc(NC(=O)CN3CCC(O)CC3)cc2)CC(C)O1. The van der Waals surface area contributed by atoms with Crippen LogP contribution in [-0.2, 0) is 9.53 Å². The van der Waals surface area contributed by atoms with Crippen LogP contribution in [0.2, 0.25) is 0 Å². The molecule has 2 fully saturated rings. The van der Waals surface area contributed by atoms with Crippen LogP contribution in [0, 0.1) is 0 Å². The van der Waals surface area contributed by atoms with Gasteiger partial charge < -0.3 is 20.1 Å². The van der Waals surface area contributed by atoms with Crippen LogP contribution >= 0.6 is 0 Å². The highest BCUT2D eigenvalue weighted by Gasteiger charge is 2.22. The molecule has 6 nitrogen and oxygen atoms in total. The minimum absolute atomic E-state index is 0.00208. The molecule has 2 heterocycles. The van der Waals surface area contributed by atoms with Gasteiger partial charge in [0.25, 0.3) is 0 Å². The van der Waals surface area contributed by atoms with Gasteiger partial charge in [0.15, 0.2) is 0 Å². The van der Waals surface area contributed by atoms with Gasteiger partial charge in [-0.1, -0.05) is 0 Å². The fraction of sp³-hybridized carbons (Fsp3) is 0.632. The van der Waals surface area contributed by atoms with Crippen molar-refractivity contribution in [3.63, 3.8) is 0 Å². The third-order valence-electron chi connectivity index (χ3n) is 4.86. The molecule has 25 heavy (non-hydrogen) atoms. The predicted molar refractivity (Wildman–Crippen MR) is 99.0 cm³/mol. The lowest BCUT2D eigenvalue weighted by Gasteiger charge is -2.36. The molecule has 0 spiro atoms. The Morgan fingerprint density at radius 1 is 1.16 bits per heavy atom. The molecule has 0 aliphatic carbocycles. The number of anilines is 2. The van der Waals surface area contributed by atoms with Crippen LogP contribution in [0.4, 0.5) is 11.4 Å². The number of nitrogens with zero attached hydrogens (tertiary/aromatic N) is 2. The van der Waals surface area contributed by atoms with Crippen molar-refractivity contribution in [2.24, 2.45) is 0 Å². The molecule has 2 aliphatic rings. The number of benzene rings is 1. The number of hydrogen-bond donors (Lipinski definition) is 2. The molecule has 0 saturated carbocycles. The van der Waals surface area contributed by atoms with Crippen molar-refractivity contribution in [1.29, 1.82) is 0 Å². The molecule has 2 saturated heterocycles. The number of carbonyl (C=O) groups excluding carboxylic acids is 1. The third kappa shape index (κ3) is 5.17. The van der Waals surface area contributed by atoms with E-state index in [2.05, 4.69) is 41.1 Å². The van der Waals surface area contributed by atoms with Gasteiger partial charge in [-0.25, -0.2) is 0 Å². The molecule has 3 rings (SSSR count). The number of nitrogens with one attached hydrogen (secondary N) is 1. The summed E-state index contributed by atoms with van der Waals surface area (Å²) in [6.07, 6.45) is 1.74. The lowest BCUT2D eigenvalue weighted by molar-refractivity contribution is -0.117. The Morgan fingerprint density at radius 3 is 2.36 bits per heavy atom. The monoisotopic (exact) mass is 347 g/mol. The zero-order valence-corrected chi connectivity index (χ0v) is 15.1. The van der Waals surface area contributed by atoms with E-state index in [9.17, 15) is 9.90 Å². The summed E-state index contributed by atoms with van der Waals surface area (Å²) in [4.78, 5) is 16.6. The molecule has 2 unspecified atom stereocenters. The second-order valence-corrected chi connectivity index (χ2v) is 7.26. The van der Waals surface area contributed by atoms with Gasteiger partial charge >= 0.3 is 0 Å². The molecule has 2 atom stereocenters. The first-order valence-corrected chi connectivity index (χ1v) is 9.20. The van der Waals surface area contributed by atoms with E-state index in [1.807, 2.05) is 12.1 Å². The van der Waals surface area contributed by atoms with Gasteiger partial charge in [0.2, 0.25) is 5.91 Å².